The number of pyridine rings is 1. The summed E-state index contributed by atoms with van der Waals surface area (Å²) >= 11 is 0. The number of hydrogen-bond acceptors (Lipinski definition) is 4. The summed E-state index contributed by atoms with van der Waals surface area (Å²) in [5, 5.41) is 3.43. The second kappa shape index (κ2) is 7.50. The summed E-state index contributed by atoms with van der Waals surface area (Å²) < 4.78 is 10.5. The van der Waals surface area contributed by atoms with Gasteiger partial charge in [-0.05, 0) is 42.8 Å². The molecule has 0 saturated carbocycles. The summed E-state index contributed by atoms with van der Waals surface area (Å²) in [4.78, 5) is 4.13. The van der Waals surface area contributed by atoms with E-state index in [2.05, 4.69) is 23.3 Å². The number of methoxy groups -OCH3 is 1. The average molecular weight is 272 g/mol. The summed E-state index contributed by atoms with van der Waals surface area (Å²) in [5.41, 5.74) is 2.22. The van der Waals surface area contributed by atoms with E-state index >= 15 is 0 Å². The van der Waals surface area contributed by atoms with Crippen molar-refractivity contribution in [2.45, 2.75) is 13.0 Å². The molecule has 1 N–H and O–H groups in total. The Morgan fingerprint density at radius 1 is 1.15 bits per heavy atom. The van der Waals surface area contributed by atoms with E-state index in [1.807, 2.05) is 36.5 Å². The third-order valence-corrected chi connectivity index (χ3v) is 2.98. The third-order valence-electron chi connectivity index (χ3n) is 2.98. The molecule has 4 nitrogen and oxygen atoms in total. The first-order chi connectivity index (χ1) is 9.79. The van der Waals surface area contributed by atoms with Crippen LogP contribution in [0.3, 0.4) is 0 Å². The van der Waals surface area contributed by atoms with Crippen LogP contribution >= 0.6 is 0 Å². The molecule has 0 saturated heterocycles. The van der Waals surface area contributed by atoms with Gasteiger partial charge in [0, 0.05) is 25.2 Å². The second-order valence-electron chi connectivity index (χ2n) is 4.52. The first-order valence-corrected chi connectivity index (χ1v) is 6.68. The zero-order valence-electron chi connectivity index (χ0n) is 11.9. The van der Waals surface area contributed by atoms with Gasteiger partial charge in [0.1, 0.15) is 12.4 Å². The molecule has 0 fully saturated rings. The van der Waals surface area contributed by atoms with Gasteiger partial charge in [-0.2, -0.15) is 0 Å². The Bertz CT molecular complexity index is 500. The van der Waals surface area contributed by atoms with Crippen molar-refractivity contribution < 1.29 is 9.47 Å². The maximum atomic E-state index is 5.53. The molecule has 2 aromatic rings. The van der Waals surface area contributed by atoms with Gasteiger partial charge in [-0.15, -0.1) is 0 Å². The number of ether oxygens (including phenoxy) is 2. The SMILES string of the molecule is COCCOc1ccc(NC(C)c2cccnc2)cc1. The van der Waals surface area contributed by atoms with Gasteiger partial charge in [-0.25, -0.2) is 0 Å². The predicted molar refractivity (Wildman–Crippen MR) is 80.1 cm³/mol. The van der Waals surface area contributed by atoms with Crippen molar-refractivity contribution in [3.63, 3.8) is 0 Å². The first kappa shape index (κ1) is 14.3. The molecule has 0 amide bonds. The van der Waals surface area contributed by atoms with E-state index in [1.165, 1.54) is 0 Å². The largest absolute Gasteiger partial charge is 0.491 e. The molecule has 1 heterocycles. The Labute approximate surface area is 119 Å². The summed E-state index contributed by atoms with van der Waals surface area (Å²) in [6.07, 6.45) is 3.66. The van der Waals surface area contributed by atoms with Gasteiger partial charge in [0.2, 0.25) is 0 Å². The molecule has 1 unspecified atom stereocenters. The molecule has 1 atom stereocenters. The lowest BCUT2D eigenvalue weighted by atomic mass is 10.1. The van der Waals surface area contributed by atoms with Crippen molar-refractivity contribution in [1.29, 1.82) is 0 Å². The fourth-order valence-electron chi connectivity index (χ4n) is 1.86. The molecule has 0 aliphatic heterocycles. The molecule has 106 valence electrons. The number of benzene rings is 1. The lowest BCUT2D eigenvalue weighted by molar-refractivity contribution is 0.146. The van der Waals surface area contributed by atoms with E-state index in [0.717, 1.165) is 17.0 Å². The minimum Gasteiger partial charge on any atom is -0.491 e. The molecule has 20 heavy (non-hydrogen) atoms. The van der Waals surface area contributed by atoms with E-state index in [0.29, 0.717) is 13.2 Å². The van der Waals surface area contributed by atoms with Crippen molar-refractivity contribution in [3.05, 3.63) is 54.4 Å². The van der Waals surface area contributed by atoms with E-state index in [9.17, 15) is 0 Å². The van der Waals surface area contributed by atoms with Crippen LogP contribution in [0.5, 0.6) is 5.75 Å². The molecule has 0 spiro atoms. The number of hydrogen-bond donors (Lipinski definition) is 1. The monoisotopic (exact) mass is 272 g/mol. The highest BCUT2D eigenvalue weighted by molar-refractivity contribution is 5.48. The summed E-state index contributed by atoms with van der Waals surface area (Å²) in [6.45, 7) is 3.27. The van der Waals surface area contributed by atoms with E-state index in [4.69, 9.17) is 9.47 Å². The third kappa shape index (κ3) is 4.24. The lowest BCUT2D eigenvalue weighted by Crippen LogP contribution is -2.07. The number of nitrogens with one attached hydrogen (secondary N) is 1. The molecule has 0 radical (unpaired) electrons. The van der Waals surface area contributed by atoms with Gasteiger partial charge >= 0.3 is 0 Å². The predicted octanol–water partition coefficient (Wildman–Crippen LogP) is 3.28. The van der Waals surface area contributed by atoms with Crippen LogP contribution in [0, 0.1) is 0 Å². The lowest BCUT2D eigenvalue weighted by Gasteiger charge is -2.15. The van der Waals surface area contributed by atoms with Crippen LogP contribution in [0.25, 0.3) is 0 Å². The molecule has 0 bridgehead atoms. The maximum absolute atomic E-state index is 5.53. The van der Waals surface area contributed by atoms with Crippen LogP contribution in [0.4, 0.5) is 5.69 Å². The Morgan fingerprint density at radius 3 is 2.60 bits per heavy atom. The second-order valence-corrected chi connectivity index (χ2v) is 4.52. The van der Waals surface area contributed by atoms with Gasteiger partial charge in [0.15, 0.2) is 0 Å². The van der Waals surface area contributed by atoms with Crippen LogP contribution in [0.2, 0.25) is 0 Å². The van der Waals surface area contributed by atoms with Crippen molar-refractivity contribution in [3.8, 4) is 5.75 Å². The zero-order valence-corrected chi connectivity index (χ0v) is 11.9. The van der Waals surface area contributed by atoms with Crippen LogP contribution in [-0.2, 0) is 4.74 Å². The average Bonchev–Trinajstić information content (AvgIpc) is 2.50. The van der Waals surface area contributed by atoms with Crippen LogP contribution in [0.15, 0.2) is 48.8 Å². The molecule has 1 aromatic carbocycles. The highest BCUT2D eigenvalue weighted by atomic mass is 16.5. The standard InChI is InChI=1S/C16H20N2O2/c1-13(14-4-3-9-17-12-14)18-15-5-7-16(8-6-15)20-11-10-19-2/h3-9,12-13,18H,10-11H2,1-2H3. The van der Waals surface area contributed by atoms with Crippen LogP contribution in [0.1, 0.15) is 18.5 Å². The Kier molecular flexibility index (Phi) is 5.38. The Balaban J connectivity index is 1.90. The number of aromatic nitrogens is 1. The minimum atomic E-state index is 0.212. The van der Waals surface area contributed by atoms with Crippen molar-refractivity contribution in [2.24, 2.45) is 0 Å². The fraction of sp³-hybridized carbons (Fsp3) is 0.312. The number of anilines is 1. The molecule has 2 rings (SSSR count). The van der Waals surface area contributed by atoms with E-state index < -0.39 is 0 Å². The van der Waals surface area contributed by atoms with Crippen molar-refractivity contribution >= 4 is 5.69 Å². The molecule has 1 aromatic heterocycles. The molecular weight excluding hydrogens is 252 g/mol. The smallest absolute Gasteiger partial charge is 0.119 e. The van der Waals surface area contributed by atoms with Gasteiger partial charge in [-0.1, -0.05) is 6.07 Å². The molecule has 0 aliphatic rings. The minimum absolute atomic E-state index is 0.212. The quantitative estimate of drug-likeness (QED) is 0.786. The topological polar surface area (TPSA) is 43.4 Å². The normalized spacial score (nSPS) is 11.9. The van der Waals surface area contributed by atoms with Crippen LogP contribution < -0.4 is 10.1 Å². The molecule has 0 aliphatic carbocycles. The zero-order chi connectivity index (χ0) is 14.2. The maximum Gasteiger partial charge on any atom is 0.119 e. The van der Waals surface area contributed by atoms with E-state index in [1.54, 1.807) is 13.3 Å². The highest BCUT2D eigenvalue weighted by Crippen LogP contribution is 2.21. The molecular formula is C16H20N2O2. The number of nitrogens with zero attached hydrogens (tertiary/aromatic N) is 1. The summed E-state index contributed by atoms with van der Waals surface area (Å²) in [6, 6.07) is 12.1. The van der Waals surface area contributed by atoms with E-state index in [-0.39, 0.29) is 6.04 Å². The van der Waals surface area contributed by atoms with Gasteiger partial charge in [0.05, 0.1) is 12.6 Å². The summed E-state index contributed by atoms with van der Waals surface area (Å²) in [5.74, 6) is 0.849. The van der Waals surface area contributed by atoms with Crippen molar-refractivity contribution in [1.82, 2.24) is 4.98 Å². The van der Waals surface area contributed by atoms with Gasteiger partial charge < -0.3 is 14.8 Å². The summed E-state index contributed by atoms with van der Waals surface area (Å²) in [7, 11) is 1.66. The van der Waals surface area contributed by atoms with Crippen LogP contribution in [-0.4, -0.2) is 25.3 Å². The number of rotatable bonds is 7. The molecule has 4 heteroatoms. The first-order valence-electron chi connectivity index (χ1n) is 6.68. The Morgan fingerprint density at radius 2 is 1.95 bits per heavy atom. The fourth-order valence-corrected chi connectivity index (χ4v) is 1.86. The van der Waals surface area contributed by atoms with Gasteiger partial charge in [0.25, 0.3) is 0 Å². The Hall–Kier alpha value is -2.07. The van der Waals surface area contributed by atoms with Gasteiger partial charge in [-0.3, -0.25) is 4.98 Å². The highest BCUT2D eigenvalue weighted by Gasteiger charge is 2.04. The van der Waals surface area contributed by atoms with Crippen molar-refractivity contribution in [2.75, 3.05) is 25.6 Å².